The minimum atomic E-state index is 0. The lowest BCUT2D eigenvalue weighted by atomic mass is 10.1. The SMILES string of the molecule is Cl.Cl.NCCCCCC(=O)Nc1ccc2nc(N3CCNCC3)nc(-c3ccccc3)c2c1. The van der Waals surface area contributed by atoms with Crippen LogP contribution in [0.5, 0.6) is 0 Å². The van der Waals surface area contributed by atoms with Gasteiger partial charge in [-0.05, 0) is 37.6 Å². The molecule has 4 N–H and O–H groups in total. The molecule has 0 spiro atoms. The molecule has 0 saturated carbocycles. The van der Waals surface area contributed by atoms with Gasteiger partial charge in [0, 0.05) is 49.2 Å². The molecule has 0 radical (unpaired) electrons. The van der Waals surface area contributed by atoms with Gasteiger partial charge in [0.2, 0.25) is 11.9 Å². The maximum atomic E-state index is 12.3. The highest BCUT2D eigenvalue weighted by molar-refractivity contribution is 5.98. The summed E-state index contributed by atoms with van der Waals surface area (Å²) in [6.07, 6.45) is 3.28. The van der Waals surface area contributed by atoms with Crippen molar-refractivity contribution in [3.63, 3.8) is 0 Å². The van der Waals surface area contributed by atoms with Crippen LogP contribution in [0.3, 0.4) is 0 Å². The average Bonchev–Trinajstić information content (AvgIpc) is 2.82. The number of hydrogen-bond acceptors (Lipinski definition) is 6. The summed E-state index contributed by atoms with van der Waals surface area (Å²) in [5, 5.41) is 7.33. The number of piperazine rings is 1. The van der Waals surface area contributed by atoms with Crippen LogP contribution in [-0.4, -0.2) is 48.6 Å². The van der Waals surface area contributed by atoms with Crippen molar-refractivity contribution in [1.29, 1.82) is 0 Å². The third-order valence-electron chi connectivity index (χ3n) is 5.52. The van der Waals surface area contributed by atoms with Gasteiger partial charge in [-0.1, -0.05) is 36.8 Å². The van der Waals surface area contributed by atoms with Crippen LogP contribution in [-0.2, 0) is 4.79 Å². The Labute approximate surface area is 207 Å². The zero-order valence-electron chi connectivity index (χ0n) is 18.6. The van der Waals surface area contributed by atoms with E-state index in [0.29, 0.717) is 13.0 Å². The molecule has 0 bridgehead atoms. The van der Waals surface area contributed by atoms with Gasteiger partial charge < -0.3 is 21.3 Å². The van der Waals surface area contributed by atoms with E-state index in [1.165, 1.54) is 0 Å². The van der Waals surface area contributed by atoms with Crippen LogP contribution < -0.4 is 21.3 Å². The predicted octanol–water partition coefficient (Wildman–Crippen LogP) is 4.01. The molecule has 33 heavy (non-hydrogen) atoms. The Morgan fingerprint density at radius 2 is 1.76 bits per heavy atom. The molecule has 2 heterocycles. The van der Waals surface area contributed by atoms with Crippen molar-refractivity contribution in [3.05, 3.63) is 48.5 Å². The molecular formula is C24H32Cl2N6O. The predicted molar refractivity (Wildman–Crippen MR) is 141 cm³/mol. The lowest BCUT2D eigenvalue weighted by Gasteiger charge is -2.28. The summed E-state index contributed by atoms with van der Waals surface area (Å²) in [4.78, 5) is 24.3. The highest BCUT2D eigenvalue weighted by Gasteiger charge is 2.17. The van der Waals surface area contributed by atoms with Crippen molar-refractivity contribution < 1.29 is 4.79 Å². The minimum Gasteiger partial charge on any atom is -0.338 e. The molecule has 1 aliphatic heterocycles. The molecule has 0 aliphatic carbocycles. The van der Waals surface area contributed by atoms with Gasteiger partial charge in [0.05, 0.1) is 11.2 Å². The van der Waals surface area contributed by atoms with Crippen LogP contribution in [0.25, 0.3) is 22.2 Å². The number of halogens is 2. The molecule has 178 valence electrons. The number of carbonyl (C=O) groups excluding carboxylic acids is 1. The van der Waals surface area contributed by atoms with E-state index in [9.17, 15) is 4.79 Å². The standard InChI is InChI=1S/C24H30N6O.2ClH/c25-12-6-2-5-9-22(31)27-19-10-11-21-20(17-19)23(18-7-3-1-4-8-18)29-24(28-21)30-15-13-26-14-16-30;;/h1,3-4,7-8,10-11,17,26H,2,5-6,9,12-16,25H2,(H,27,31);2*1H. The van der Waals surface area contributed by atoms with Gasteiger partial charge in [0.25, 0.3) is 0 Å². The normalized spacial score (nSPS) is 13.2. The molecule has 7 nitrogen and oxygen atoms in total. The van der Waals surface area contributed by atoms with Crippen molar-refractivity contribution in [2.24, 2.45) is 5.73 Å². The first kappa shape index (κ1) is 26.8. The molecule has 1 amide bonds. The van der Waals surface area contributed by atoms with Gasteiger partial charge in [-0.2, -0.15) is 0 Å². The molecule has 1 fully saturated rings. The Morgan fingerprint density at radius 3 is 2.48 bits per heavy atom. The van der Waals surface area contributed by atoms with Gasteiger partial charge in [-0.25, -0.2) is 9.97 Å². The fraction of sp³-hybridized carbons (Fsp3) is 0.375. The third kappa shape index (κ3) is 7.01. The molecule has 0 atom stereocenters. The third-order valence-corrected chi connectivity index (χ3v) is 5.52. The summed E-state index contributed by atoms with van der Waals surface area (Å²) in [7, 11) is 0. The van der Waals surface area contributed by atoms with E-state index in [1.54, 1.807) is 0 Å². The number of carbonyl (C=O) groups is 1. The van der Waals surface area contributed by atoms with Crippen LogP contribution in [0.15, 0.2) is 48.5 Å². The lowest BCUT2D eigenvalue weighted by Crippen LogP contribution is -2.44. The summed E-state index contributed by atoms with van der Waals surface area (Å²) in [5.41, 5.74) is 9.10. The second-order valence-corrected chi connectivity index (χ2v) is 7.85. The summed E-state index contributed by atoms with van der Waals surface area (Å²) < 4.78 is 0. The van der Waals surface area contributed by atoms with Crippen molar-refractivity contribution in [1.82, 2.24) is 15.3 Å². The topological polar surface area (TPSA) is 96.2 Å². The maximum Gasteiger partial charge on any atom is 0.226 e. The molecule has 9 heteroatoms. The number of benzene rings is 2. The number of amides is 1. The number of aromatic nitrogens is 2. The monoisotopic (exact) mass is 490 g/mol. The zero-order chi connectivity index (χ0) is 21.5. The van der Waals surface area contributed by atoms with E-state index in [4.69, 9.17) is 15.7 Å². The van der Waals surface area contributed by atoms with Crippen molar-refractivity contribution in [2.45, 2.75) is 25.7 Å². The van der Waals surface area contributed by atoms with E-state index in [0.717, 1.165) is 79.2 Å². The summed E-state index contributed by atoms with van der Waals surface area (Å²) in [6, 6.07) is 16.0. The number of fused-ring (bicyclic) bond motifs is 1. The van der Waals surface area contributed by atoms with Crippen molar-refractivity contribution >= 4 is 53.3 Å². The van der Waals surface area contributed by atoms with Gasteiger partial charge in [0.15, 0.2) is 0 Å². The van der Waals surface area contributed by atoms with Crippen molar-refractivity contribution in [3.8, 4) is 11.3 Å². The van der Waals surface area contributed by atoms with Gasteiger partial charge in [0.1, 0.15) is 0 Å². The molecule has 2 aromatic carbocycles. The minimum absolute atomic E-state index is 0. The zero-order valence-corrected chi connectivity index (χ0v) is 20.3. The molecule has 1 aliphatic rings. The second kappa shape index (κ2) is 13.3. The second-order valence-electron chi connectivity index (χ2n) is 7.85. The highest BCUT2D eigenvalue weighted by Crippen LogP contribution is 2.30. The molecule has 4 rings (SSSR count). The molecular weight excluding hydrogens is 459 g/mol. The number of nitrogens with zero attached hydrogens (tertiary/aromatic N) is 3. The fourth-order valence-electron chi connectivity index (χ4n) is 3.85. The van der Waals surface area contributed by atoms with E-state index in [2.05, 4.69) is 27.7 Å². The number of nitrogens with two attached hydrogens (primary N) is 1. The van der Waals surface area contributed by atoms with Crippen LogP contribution in [0.2, 0.25) is 0 Å². The highest BCUT2D eigenvalue weighted by atomic mass is 35.5. The van der Waals surface area contributed by atoms with Gasteiger partial charge >= 0.3 is 0 Å². The fourth-order valence-corrected chi connectivity index (χ4v) is 3.85. The first-order valence-electron chi connectivity index (χ1n) is 11.1. The van der Waals surface area contributed by atoms with E-state index >= 15 is 0 Å². The summed E-state index contributed by atoms with van der Waals surface area (Å²) in [6.45, 7) is 4.30. The number of hydrogen-bond donors (Lipinski definition) is 3. The number of anilines is 2. The van der Waals surface area contributed by atoms with E-state index in [-0.39, 0.29) is 30.7 Å². The summed E-state index contributed by atoms with van der Waals surface area (Å²) >= 11 is 0. The first-order chi connectivity index (χ1) is 15.2. The number of unbranched alkanes of at least 4 members (excludes halogenated alkanes) is 2. The maximum absolute atomic E-state index is 12.3. The molecule has 0 unspecified atom stereocenters. The Morgan fingerprint density at radius 1 is 1.00 bits per heavy atom. The van der Waals surface area contributed by atoms with Gasteiger partial charge in [-0.15, -0.1) is 24.8 Å². The quantitative estimate of drug-likeness (QED) is 0.412. The van der Waals surface area contributed by atoms with E-state index in [1.807, 2.05) is 36.4 Å². The molecule has 3 aromatic rings. The van der Waals surface area contributed by atoms with Crippen LogP contribution in [0, 0.1) is 0 Å². The Kier molecular flexibility index (Phi) is 10.8. The Hall–Kier alpha value is -2.45. The van der Waals surface area contributed by atoms with Crippen molar-refractivity contribution in [2.75, 3.05) is 42.9 Å². The van der Waals surface area contributed by atoms with E-state index < -0.39 is 0 Å². The number of rotatable bonds is 8. The average molecular weight is 491 g/mol. The Bertz CT molecular complexity index is 1030. The van der Waals surface area contributed by atoms with Gasteiger partial charge in [-0.3, -0.25) is 4.79 Å². The Balaban J connectivity index is 0.00000193. The lowest BCUT2D eigenvalue weighted by molar-refractivity contribution is -0.116. The largest absolute Gasteiger partial charge is 0.338 e. The van der Waals surface area contributed by atoms with Crippen LogP contribution in [0.4, 0.5) is 11.6 Å². The molecule has 1 aromatic heterocycles. The smallest absolute Gasteiger partial charge is 0.226 e. The van der Waals surface area contributed by atoms with Crippen LogP contribution >= 0.6 is 24.8 Å². The first-order valence-corrected chi connectivity index (χ1v) is 11.1. The number of nitrogens with one attached hydrogen (secondary N) is 2. The molecule has 1 saturated heterocycles. The van der Waals surface area contributed by atoms with Crippen LogP contribution in [0.1, 0.15) is 25.7 Å². The summed E-state index contributed by atoms with van der Waals surface area (Å²) in [5.74, 6) is 0.778.